The molecule has 6 heteroatoms. The second-order valence-electron chi connectivity index (χ2n) is 3.62. The summed E-state index contributed by atoms with van der Waals surface area (Å²) in [4.78, 5) is 20.9. The monoisotopic (exact) mass is 218 g/mol. The highest BCUT2D eigenvalue weighted by molar-refractivity contribution is 5.59. The van der Waals surface area contributed by atoms with E-state index in [-0.39, 0.29) is 6.61 Å². The second kappa shape index (κ2) is 4.36. The molecule has 1 fully saturated rings. The van der Waals surface area contributed by atoms with Crippen LogP contribution in [0.15, 0.2) is 0 Å². The molecule has 1 rings (SSSR count). The van der Waals surface area contributed by atoms with Crippen molar-refractivity contribution in [1.29, 1.82) is 0 Å². The number of hydrogen-bond acceptors (Lipinski definition) is 6. The molecule has 0 saturated carbocycles. The largest absolute Gasteiger partial charge is 0.391 e. The van der Waals surface area contributed by atoms with Gasteiger partial charge >= 0.3 is 0 Å². The minimum absolute atomic E-state index is 0.273. The maximum atomic E-state index is 10.7. The Kier molecular flexibility index (Phi) is 3.56. The normalized spacial score (nSPS) is 33.9. The molecule has 0 unspecified atom stereocenters. The highest BCUT2D eigenvalue weighted by Gasteiger charge is 2.54. The zero-order valence-electron chi connectivity index (χ0n) is 8.63. The summed E-state index contributed by atoms with van der Waals surface area (Å²) in [6, 6.07) is 0. The summed E-state index contributed by atoms with van der Waals surface area (Å²) in [5.41, 5.74) is 0. The number of aldehydes is 2. The number of aliphatic hydroxyl groups is 1. The fourth-order valence-corrected chi connectivity index (χ4v) is 1.48. The number of carbonyl (C=O) groups excluding carboxylic acids is 2. The highest BCUT2D eigenvalue weighted by atomic mass is 16.8. The third-order valence-corrected chi connectivity index (χ3v) is 2.00. The molecule has 15 heavy (non-hydrogen) atoms. The van der Waals surface area contributed by atoms with Gasteiger partial charge in [-0.15, -0.1) is 0 Å². The van der Waals surface area contributed by atoms with Crippen molar-refractivity contribution in [2.75, 3.05) is 13.2 Å². The molecule has 1 heterocycles. The minimum atomic E-state index is -1.58. The molecule has 0 spiro atoms. The van der Waals surface area contributed by atoms with Crippen LogP contribution < -0.4 is 0 Å². The van der Waals surface area contributed by atoms with E-state index < -0.39 is 24.3 Å². The fraction of sp³-hybridized carbons (Fsp3) is 0.778. The molecule has 0 bridgehead atoms. The Hall–Kier alpha value is -0.820. The molecule has 6 nitrogen and oxygen atoms in total. The van der Waals surface area contributed by atoms with Gasteiger partial charge in [0.25, 0.3) is 0 Å². The molecular formula is C9H14O6. The zero-order chi connectivity index (χ0) is 11.5. The van der Waals surface area contributed by atoms with Crippen LogP contribution >= 0.6 is 0 Å². The molecule has 1 saturated heterocycles. The third kappa shape index (κ3) is 2.40. The summed E-state index contributed by atoms with van der Waals surface area (Å²) in [6.07, 6.45) is -0.0542. The molecule has 1 aliphatic rings. The minimum Gasteiger partial charge on any atom is -0.391 e. The molecule has 0 aliphatic carbocycles. The van der Waals surface area contributed by atoms with E-state index >= 15 is 0 Å². The van der Waals surface area contributed by atoms with E-state index in [1.165, 1.54) is 0 Å². The van der Waals surface area contributed by atoms with Crippen molar-refractivity contribution < 1.29 is 28.9 Å². The Morgan fingerprint density at radius 2 is 2.13 bits per heavy atom. The SMILES string of the molecule is CC1(C)O[C@H](C=O)[C@@](CO)(OCC=O)O1. The topological polar surface area (TPSA) is 82.1 Å². The van der Waals surface area contributed by atoms with Gasteiger partial charge in [-0.2, -0.15) is 0 Å². The maximum Gasteiger partial charge on any atom is 0.228 e. The molecule has 86 valence electrons. The van der Waals surface area contributed by atoms with Gasteiger partial charge in [0.05, 0.1) is 0 Å². The van der Waals surface area contributed by atoms with Crippen LogP contribution in [-0.2, 0) is 23.8 Å². The van der Waals surface area contributed by atoms with Crippen LogP contribution in [-0.4, -0.2) is 48.6 Å². The van der Waals surface area contributed by atoms with E-state index in [2.05, 4.69) is 0 Å². The number of ether oxygens (including phenoxy) is 3. The van der Waals surface area contributed by atoms with Crippen LogP contribution in [0.25, 0.3) is 0 Å². The molecule has 2 atom stereocenters. The van der Waals surface area contributed by atoms with Crippen LogP contribution in [0.3, 0.4) is 0 Å². The number of carbonyl (C=O) groups is 2. The molecular weight excluding hydrogens is 204 g/mol. The Labute approximate surface area is 87.1 Å². The predicted molar refractivity (Wildman–Crippen MR) is 47.9 cm³/mol. The zero-order valence-corrected chi connectivity index (χ0v) is 8.63. The Morgan fingerprint density at radius 3 is 2.60 bits per heavy atom. The summed E-state index contributed by atoms with van der Waals surface area (Å²) in [5, 5.41) is 9.17. The number of hydrogen-bond donors (Lipinski definition) is 1. The van der Waals surface area contributed by atoms with E-state index in [0.29, 0.717) is 12.6 Å². The molecule has 0 radical (unpaired) electrons. The highest BCUT2D eigenvalue weighted by Crippen LogP contribution is 2.36. The molecule has 0 aromatic rings. The van der Waals surface area contributed by atoms with Crippen molar-refractivity contribution in [2.24, 2.45) is 0 Å². The summed E-state index contributed by atoms with van der Waals surface area (Å²) in [7, 11) is 0. The Bertz CT molecular complexity index is 251. The molecule has 0 aromatic heterocycles. The first-order chi connectivity index (χ1) is 6.99. The molecule has 0 aromatic carbocycles. The van der Waals surface area contributed by atoms with Crippen LogP contribution in [0.2, 0.25) is 0 Å². The van der Waals surface area contributed by atoms with Crippen molar-refractivity contribution in [2.45, 2.75) is 31.5 Å². The number of aliphatic hydroxyl groups excluding tert-OH is 1. The van der Waals surface area contributed by atoms with Gasteiger partial charge in [-0.1, -0.05) is 0 Å². The van der Waals surface area contributed by atoms with E-state index in [1.807, 2.05) is 0 Å². The van der Waals surface area contributed by atoms with E-state index in [0.717, 1.165) is 0 Å². The van der Waals surface area contributed by atoms with Gasteiger partial charge in [-0.25, -0.2) is 0 Å². The smallest absolute Gasteiger partial charge is 0.228 e. The van der Waals surface area contributed by atoms with Gasteiger partial charge in [-0.05, 0) is 13.8 Å². The van der Waals surface area contributed by atoms with Crippen LogP contribution in [0.4, 0.5) is 0 Å². The molecule has 1 aliphatic heterocycles. The Morgan fingerprint density at radius 1 is 1.47 bits per heavy atom. The average molecular weight is 218 g/mol. The van der Waals surface area contributed by atoms with Crippen LogP contribution in [0.1, 0.15) is 13.8 Å². The lowest BCUT2D eigenvalue weighted by molar-refractivity contribution is -0.265. The summed E-state index contributed by atoms with van der Waals surface area (Å²) in [6.45, 7) is 2.34. The van der Waals surface area contributed by atoms with Gasteiger partial charge in [-0.3, -0.25) is 0 Å². The van der Waals surface area contributed by atoms with E-state index in [9.17, 15) is 14.7 Å². The molecule has 0 amide bonds. The summed E-state index contributed by atoms with van der Waals surface area (Å²) in [5.74, 6) is -2.61. The summed E-state index contributed by atoms with van der Waals surface area (Å²) >= 11 is 0. The lowest BCUT2D eigenvalue weighted by Gasteiger charge is -2.28. The van der Waals surface area contributed by atoms with E-state index in [4.69, 9.17) is 14.2 Å². The quantitative estimate of drug-likeness (QED) is 0.611. The van der Waals surface area contributed by atoms with Gasteiger partial charge in [0.2, 0.25) is 5.79 Å². The lowest BCUT2D eigenvalue weighted by Crippen LogP contribution is -2.47. The van der Waals surface area contributed by atoms with Crippen molar-refractivity contribution in [3.8, 4) is 0 Å². The van der Waals surface area contributed by atoms with Gasteiger partial charge in [0, 0.05) is 0 Å². The van der Waals surface area contributed by atoms with Crippen molar-refractivity contribution in [1.82, 2.24) is 0 Å². The van der Waals surface area contributed by atoms with Gasteiger partial charge in [0.15, 0.2) is 18.2 Å². The van der Waals surface area contributed by atoms with Crippen LogP contribution in [0, 0.1) is 0 Å². The Balaban J connectivity index is 2.85. The predicted octanol–water partition coefficient (Wildman–Crippen LogP) is -0.759. The number of rotatable bonds is 5. The third-order valence-electron chi connectivity index (χ3n) is 2.00. The van der Waals surface area contributed by atoms with Crippen molar-refractivity contribution >= 4 is 12.6 Å². The lowest BCUT2D eigenvalue weighted by atomic mass is 10.2. The first kappa shape index (κ1) is 12.3. The standard InChI is InChI=1S/C9H14O6/c1-8(2)14-7(5-11)9(6-12,15-8)13-4-3-10/h3,5,7,12H,4,6H2,1-2H3/t7-,9+/m1/s1. The van der Waals surface area contributed by atoms with Gasteiger partial charge < -0.3 is 28.9 Å². The summed E-state index contributed by atoms with van der Waals surface area (Å²) < 4.78 is 15.5. The van der Waals surface area contributed by atoms with Crippen LogP contribution in [0.5, 0.6) is 0 Å². The van der Waals surface area contributed by atoms with Crippen molar-refractivity contribution in [3.05, 3.63) is 0 Å². The first-order valence-corrected chi connectivity index (χ1v) is 4.51. The van der Waals surface area contributed by atoms with Gasteiger partial charge in [0.1, 0.15) is 19.5 Å². The average Bonchev–Trinajstić information content (AvgIpc) is 2.47. The second-order valence-corrected chi connectivity index (χ2v) is 3.62. The maximum absolute atomic E-state index is 10.7. The van der Waals surface area contributed by atoms with E-state index in [1.54, 1.807) is 13.8 Å². The van der Waals surface area contributed by atoms with Crippen molar-refractivity contribution in [3.63, 3.8) is 0 Å². The first-order valence-electron chi connectivity index (χ1n) is 4.51. The molecule has 1 N–H and O–H groups in total. The fourth-order valence-electron chi connectivity index (χ4n) is 1.48.